The molecule has 22 heteroatoms. The second kappa shape index (κ2) is 29.4. The van der Waals surface area contributed by atoms with Crippen LogP contribution in [0.3, 0.4) is 0 Å². The van der Waals surface area contributed by atoms with Crippen molar-refractivity contribution in [1.29, 1.82) is 0 Å². The zero-order valence-corrected chi connectivity index (χ0v) is 48.3. The molecule has 9 amide bonds. The summed E-state index contributed by atoms with van der Waals surface area (Å²) in [4.78, 5) is 139. The van der Waals surface area contributed by atoms with Crippen LogP contribution in [0.15, 0.2) is 41.8 Å². The van der Waals surface area contributed by atoms with Crippen LogP contribution in [-0.4, -0.2) is 147 Å². The van der Waals surface area contributed by atoms with Gasteiger partial charge in [-0.25, -0.2) is 4.98 Å². The van der Waals surface area contributed by atoms with E-state index in [1.165, 1.54) is 37.3 Å². The normalized spacial score (nSPS) is 18.6. The van der Waals surface area contributed by atoms with Crippen LogP contribution in [-0.2, 0) is 49.6 Å². The highest BCUT2D eigenvalue weighted by molar-refractivity contribution is 7.09. The number of anilines is 1. The van der Waals surface area contributed by atoms with Gasteiger partial charge in [-0.15, -0.1) is 11.3 Å². The fourth-order valence-electron chi connectivity index (χ4n) is 9.66. The summed E-state index contributed by atoms with van der Waals surface area (Å²) in [7, 11) is 3.63. The molecule has 2 aliphatic rings. The molecule has 7 N–H and O–H groups in total. The Morgan fingerprint density at radius 2 is 1.47 bits per heavy atom. The van der Waals surface area contributed by atoms with Crippen LogP contribution in [0.25, 0.3) is 0 Å². The van der Waals surface area contributed by atoms with Crippen LogP contribution in [0.2, 0.25) is 0 Å². The average Bonchev–Trinajstić information content (AvgIpc) is 4.13. The number of rotatable bonds is 30. The van der Waals surface area contributed by atoms with Gasteiger partial charge in [0.15, 0.2) is 0 Å². The lowest BCUT2D eigenvalue weighted by molar-refractivity contribution is -0.142. The van der Waals surface area contributed by atoms with Gasteiger partial charge < -0.3 is 41.9 Å². The molecule has 0 aliphatic carbocycles. The Bertz CT molecular complexity index is 2480. The molecule has 430 valence electrons. The van der Waals surface area contributed by atoms with Crippen molar-refractivity contribution in [3.05, 3.63) is 58.1 Å². The number of hydrogen-bond donors (Lipinski definition) is 7. The number of carboxylic acids is 1. The van der Waals surface area contributed by atoms with Gasteiger partial charge in [-0.05, 0) is 108 Å². The summed E-state index contributed by atoms with van der Waals surface area (Å²) in [5.74, 6) is -5.84. The molecule has 1 aromatic heterocycles. The van der Waals surface area contributed by atoms with Crippen LogP contribution in [0.1, 0.15) is 154 Å². The van der Waals surface area contributed by atoms with Crippen molar-refractivity contribution in [2.24, 2.45) is 23.7 Å². The number of hydrogen-bond acceptors (Lipinski definition) is 13. The van der Waals surface area contributed by atoms with Crippen molar-refractivity contribution in [3.63, 3.8) is 0 Å². The van der Waals surface area contributed by atoms with Gasteiger partial charge in [0.2, 0.25) is 35.4 Å². The fourth-order valence-corrected chi connectivity index (χ4v) is 10.5. The number of imide groups is 1. The zero-order valence-electron chi connectivity index (χ0n) is 47.5. The molecule has 1 saturated heterocycles. The lowest BCUT2D eigenvalue weighted by Crippen LogP contribution is -2.60. The van der Waals surface area contributed by atoms with Crippen LogP contribution in [0, 0.1) is 23.7 Å². The summed E-state index contributed by atoms with van der Waals surface area (Å²) in [5, 5.41) is 29.1. The number of likely N-dealkylation sites (N-methyl/N-ethyl adjacent to an activating group) is 2. The van der Waals surface area contributed by atoms with E-state index in [4.69, 9.17) is 0 Å². The number of aromatic nitrogens is 1. The number of amides is 9. The monoisotopic (exact) mass is 1100 g/mol. The first kappa shape index (κ1) is 64.0. The minimum atomic E-state index is -1.04. The van der Waals surface area contributed by atoms with Gasteiger partial charge in [0.05, 0.1) is 17.5 Å². The van der Waals surface area contributed by atoms with E-state index in [2.05, 4.69) is 36.9 Å². The highest BCUT2D eigenvalue weighted by atomic mass is 32.1. The summed E-state index contributed by atoms with van der Waals surface area (Å²) < 4.78 is 0. The number of carboxylic acid groups (broad SMARTS) is 1. The topological polar surface area (TPSA) is 286 Å². The smallest absolute Gasteiger partial charge is 0.306 e. The third-order valence-electron chi connectivity index (χ3n) is 15.1. The highest BCUT2D eigenvalue weighted by Crippen LogP contribution is 2.31. The number of benzene rings is 1. The Hall–Kier alpha value is -6.55. The van der Waals surface area contributed by atoms with E-state index in [9.17, 15) is 53.1 Å². The van der Waals surface area contributed by atoms with Crippen LogP contribution < -0.4 is 31.9 Å². The summed E-state index contributed by atoms with van der Waals surface area (Å²) >= 11 is 1.17. The van der Waals surface area contributed by atoms with Gasteiger partial charge in [0, 0.05) is 62.2 Å². The van der Waals surface area contributed by atoms with Crippen molar-refractivity contribution in [3.8, 4) is 0 Å². The molecule has 3 heterocycles. The number of nitrogens with one attached hydrogen (secondary N) is 6. The number of carbonyl (C=O) groups excluding carboxylic acids is 9. The van der Waals surface area contributed by atoms with E-state index >= 15 is 0 Å². The third kappa shape index (κ3) is 18.0. The molecular formula is C56H84N10O11S. The van der Waals surface area contributed by atoms with Gasteiger partial charge in [-0.2, -0.15) is 0 Å². The minimum absolute atomic E-state index is 0.0629. The maximum Gasteiger partial charge on any atom is 0.306 e. The molecule has 4 rings (SSSR count). The van der Waals surface area contributed by atoms with Crippen molar-refractivity contribution in [1.82, 2.24) is 46.3 Å². The highest BCUT2D eigenvalue weighted by Gasteiger charge is 2.44. The summed E-state index contributed by atoms with van der Waals surface area (Å²) in [6, 6.07) is 2.32. The number of aliphatic carboxylic acids is 1. The molecule has 78 heavy (non-hydrogen) atoms. The molecule has 0 saturated carbocycles. The van der Waals surface area contributed by atoms with Gasteiger partial charge in [-0.3, -0.25) is 57.7 Å². The van der Waals surface area contributed by atoms with Crippen molar-refractivity contribution in [2.75, 3.05) is 32.5 Å². The van der Waals surface area contributed by atoms with Crippen molar-refractivity contribution >= 4 is 76.2 Å². The first-order valence-electron chi connectivity index (χ1n) is 27.2. The molecule has 0 spiro atoms. The molecule has 1 fully saturated rings. The van der Waals surface area contributed by atoms with E-state index < -0.39 is 71.4 Å². The van der Waals surface area contributed by atoms with E-state index in [1.807, 2.05) is 46.6 Å². The molecular weight excluding hydrogens is 1020 g/mol. The summed E-state index contributed by atoms with van der Waals surface area (Å²) in [5.41, 5.74) is 0.470. The van der Waals surface area contributed by atoms with Crippen molar-refractivity contribution < 1.29 is 53.1 Å². The standard InChI is InChI=1S/C56H84N10O11S/c1-13-34(6)48(63-55(77)56(10)25-17-26-64(56)11)53(74)65(12)43(32(2)3)30-41(58-37(9)67)52-61-42(31-78-52)50(72)60-40(28-35(7)54(75)76)29-38-19-21-39(22-20-38)59-49(71)36(8)57-51(73)47(33(4)5)62-44(68)18-15-14-16-27-66-45(69)23-24-46(66)70/h19-24,31-36,40-41,43,47-48H,13-18,25-30H2,1-12H3,(H,57,73)(H,58,67)(H,59,71)(H,60,72)(H,62,68)(H,63,77)(H,75,76)/t34-,35-,36-,40+,41+,43+,47-,48?,56+/m0/s1. The largest absolute Gasteiger partial charge is 0.481 e. The molecule has 9 atom stereocenters. The lowest BCUT2D eigenvalue weighted by Gasteiger charge is -2.38. The zero-order chi connectivity index (χ0) is 58.2. The lowest BCUT2D eigenvalue weighted by atomic mass is 9.91. The van der Waals surface area contributed by atoms with Crippen molar-refractivity contribution in [2.45, 2.75) is 175 Å². The Morgan fingerprint density at radius 3 is 2.04 bits per heavy atom. The predicted octanol–water partition coefficient (Wildman–Crippen LogP) is 4.73. The minimum Gasteiger partial charge on any atom is -0.481 e. The quantitative estimate of drug-likeness (QED) is 0.0412. The Kier molecular flexibility index (Phi) is 24.1. The van der Waals surface area contributed by atoms with E-state index in [0.29, 0.717) is 42.8 Å². The van der Waals surface area contributed by atoms with Crippen LogP contribution >= 0.6 is 11.3 Å². The fraction of sp³-hybridized carbons (Fsp3) is 0.625. The maximum absolute atomic E-state index is 14.4. The second-order valence-electron chi connectivity index (χ2n) is 22.0. The molecule has 1 unspecified atom stereocenters. The Labute approximate surface area is 463 Å². The molecule has 0 bridgehead atoms. The summed E-state index contributed by atoms with van der Waals surface area (Å²) in [6.07, 6.45) is 6.98. The first-order chi connectivity index (χ1) is 36.7. The SMILES string of the molecule is CC[C@H](C)C(NC(=O)[C@@]1(C)CCCN1C)C(=O)N(C)[C@H](C[C@@H](NC(C)=O)c1nc(C(=O)N[C@@H](Cc2ccc(NC(=O)[C@H](C)NC(=O)[C@@H](NC(=O)CCCCCN3C(=O)C=CC3=O)C(C)C)cc2)C[C@H](C)C(=O)O)cs1)C(C)C. The van der Waals surface area contributed by atoms with Gasteiger partial charge in [0.1, 0.15) is 28.8 Å². The maximum atomic E-state index is 14.4. The van der Waals surface area contributed by atoms with Crippen LogP contribution in [0.5, 0.6) is 0 Å². The Morgan fingerprint density at radius 1 is 0.821 bits per heavy atom. The van der Waals surface area contributed by atoms with Gasteiger partial charge >= 0.3 is 5.97 Å². The third-order valence-corrected chi connectivity index (χ3v) is 16.0. The summed E-state index contributed by atoms with van der Waals surface area (Å²) in [6.45, 7) is 18.8. The van der Waals surface area contributed by atoms with E-state index in [0.717, 1.165) is 23.4 Å². The number of nitrogens with zero attached hydrogens (tertiary/aromatic N) is 4. The number of thiazole rings is 1. The Balaban J connectivity index is 1.38. The van der Waals surface area contributed by atoms with Crippen LogP contribution in [0.4, 0.5) is 5.69 Å². The van der Waals surface area contributed by atoms with Gasteiger partial charge in [-0.1, -0.05) is 73.4 Å². The number of carbonyl (C=O) groups is 10. The first-order valence-corrected chi connectivity index (χ1v) is 28.1. The second-order valence-corrected chi connectivity index (χ2v) is 22.9. The van der Waals surface area contributed by atoms with E-state index in [1.54, 1.807) is 62.4 Å². The molecule has 1 aromatic carbocycles. The van der Waals surface area contributed by atoms with E-state index in [-0.39, 0.29) is 91.1 Å². The molecule has 21 nitrogen and oxygen atoms in total. The number of likely N-dealkylation sites (tertiary alicyclic amines) is 1. The number of unbranched alkanes of at least 4 members (excludes halogenated alkanes) is 2. The average molecular weight is 1110 g/mol. The predicted molar refractivity (Wildman–Crippen MR) is 296 cm³/mol. The molecule has 0 radical (unpaired) electrons. The molecule has 2 aromatic rings. The molecule has 2 aliphatic heterocycles. The van der Waals surface area contributed by atoms with Gasteiger partial charge in [0.25, 0.3) is 17.7 Å².